The minimum Gasteiger partial charge on any atom is -0.444 e. The lowest BCUT2D eigenvalue weighted by Gasteiger charge is -2.31. The number of nitrogens with one attached hydrogen (secondary N) is 1. The number of rotatable bonds is 6. The van der Waals surface area contributed by atoms with Gasteiger partial charge in [-0.25, -0.2) is 9.59 Å². The maximum Gasteiger partial charge on any atom is 0.410 e. The van der Waals surface area contributed by atoms with E-state index in [0.29, 0.717) is 71.1 Å². The maximum atomic E-state index is 14.1. The second-order valence-electron chi connectivity index (χ2n) is 13.8. The van der Waals surface area contributed by atoms with Crippen molar-refractivity contribution in [3.05, 3.63) is 93.5 Å². The van der Waals surface area contributed by atoms with Crippen LogP contribution in [0.4, 0.5) is 21.0 Å². The fraction of sp³-hybridized carbons (Fsp3) is 0.421. The molecule has 5 rings (SSSR count). The third-order valence-corrected chi connectivity index (χ3v) is 9.10. The van der Waals surface area contributed by atoms with E-state index in [-0.39, 0.29) is 23.9 Å². The third-order valence-electron chi connectivity index (χ3n) is 8.87. The molecule has 0 saturated carbocycles. The first-order valence-electron chi connectivity index (χ1n) is 16.7. The van der Waals surface area contributed by atoms with Gasteiger partial charge in [0.25, 0.3) is 11.8 Å². The van der Waals surface area contributed by atoms with E-state index in [1.807, 2.05) is 52.8 Å². The highest BCUT2D eigenvalue weighted by molar-refractivity contribution is 6.30. The van der Waals surface area contributed by atoms with Gasteiger partial charge < -0.3 is 29.5 Å². The van der Waals surface area contributed by atoms with Crippen molar-refractivity contribution in [3.8, 4) is 0 Å². The van der Waals surface area contributed by atoms with Crippen molar-refractivity contribution in [1.82, 2.24) is 9.80 Å². The summed E-state index contributed by atoms with van der Waals surface area (Å²) in [7, 11) is 1.66. The van der Waals surface area contributed by atoms with Crippen LogP contribution in [0.1, 0.15) is 90.0 Å². The highest BCUT2D eigenvalue weighted by Crippen LogP contribution is 2.38. The van der Waals surface area contributed by atoms with Crippen molar-refractivity contribution in [2.75, 3.05) is 36.9 Å². The van der Waals surface area contributed by atoms with Gasteiger partial charge in [0.1, 0.15) is 11.7 Å². The number of hydrogen-bond acceptors (Lipinski definition) is 6. The van der Waals surface area contributed by atoms with Gasteiger partial charge in [-0.15, -0.1) is 0 Å². The number of nitrogens with zero attached hydrogens (tertiary/aromatic N) is 3. The van der Waals surface area contributed by atoms with Crippen LogP contribution in [-0.4, -0.2) is 72.1 Å². The van der Waals surface area contributed by atoms with E-state index >= 15 is 0 Å². The molecule has 0 aromatic heterocycles. The smallest absolute Gasteiger partial charge is 0.410 e. The van der Waals surface area contributed by atoms with Gasteiger partial charge in [0.2, 0.25) is 0 Å². The Hall–Kier alpha value is -4.57. The second kappa shape index (κ2) is 14.9. The van der Waals surface area contributed by atoms with Gasteiger partial charge in [-0.3, -0.25) is 9.59 Å². The number of carbonyl (C=O) groups is 4. The van der Waals surface area contributed by atoms with Gasteiger partial charge in [-0.05, 0) is 114 Å². The SMILES string of the molecule is Cc1ccccc1C(=O)Nc1ccc(C(=O)N2CCCC(OC(=O)N(C)C[C@@H]3CCCN3C(=O)OC(C)(C)C)c3cc(Cl)ccc32)c(C)c1. The molecule has 4 amide bonds. The van der Waals surface area contributed by atoms with Crippen molar-refractivity contribution >= 4 is 47.0 Å². The summed E-state index contributed by atoms with van der Waals surface area (Å²) in [4.78, 5) is 58.1. The zero-order valence-electron chi connectivity index (χ0n) is 29.0. The van der Waals surface area contributed by atoms with E-state index in [1.54, 1.807) is 59.3 Å². The minimum atomic E-state index is -0.632. The van der Waals surface area contributed by atoms with Crippen molar-refractivity contribution in [2.24, 2.45) is 0 Å². The largest absolute Gasteiger partial charge is 0.444 e. The zero-order valence-corrected chi connectivity index (χ0v) is 29.8. The van der Waals surface area contributed by atoms with Crippen LogP contribution >= 0.6 is 11.6 Å². The summed E-state index contributed by atoms with van der Waals surface area (Å²) in [6, 6.07) is 17.7. The molecule has 0 aliphatic carbocycles. The van der Waals surface area contributed by atoms with Gasteiger partial charge in [0.05, 0.1) is 11.7 Å². The Labute approximate surface area is 293 Å². The Morgan fingerprint density at radius 3 is 2.37 bits per heavy atom. The molecular formula is C38H45ClN4O6. The molecule has 2 aliphatic heterocycles. The topological polar surface area (TPSA) is 108 Å². The molecule has 0 bridgehead atoms. The summed E-state index contributed by atoms with van der Waals surface area (Å²) in [6.07, 6.45) is 1.12. The van der Waals surface area contributed by atoms with E-state index < -0.39 is 17.8 Å². The molecule has 1 fully saturated rings. The molecule has 1 unspecified atom stereocenters. The Morgan fingerprint density at radius 2 is 1.65 bits per heavy atom. The van der Waals surface area contributed by atoms with Gasteiger partial charge in [-0.1, -0.05) is 29.8 Å². The lowest BCUT2D eigenvalue weighted by Crippen LogP contribution is -2.45. The first kappa shape index (κ1) is 35.7. The van der Waals surface area contributed by atoms with Crippen LogP contribution < -0.4 is 10.2 Å². The van der Waals surface area contributed by atoms with Crippen LogP contribution in [0.2, 0.25) is 5.02 Å². The van der Waals surface area contributed by atoms with Crippen LogP contribution in [-0.2, 0) is 9.47 Å². The van der Waals surface area contributed by atoms with Gasteiger partial charge in [0, 0.05) is 54.1 Å². The Kier molecular flexibility index (Phi) is 10.9. The Bertz CT molecular complexity index is 1740. The fourth-order valence-corrected chi connectivity index (χ4v) is 6.60. The predicted molar refractivity (Wildman–Crippen MR) is 190 cm³/mol. The van der Waals surface area contributed by atoms with E-state index in [0.717, 1.165) is 18.4 Å². The molecule has 1 N–H and O–H groups in total. The van der Waals surface area contributed by atoms with Crippen LogP contribution in [0, 0.1) is 13.8 Å². The molecule has 2 aliphatic rings. The van der Waals surface area contributed by atoms with Crippen molar-refractivity contribution in [1.29, 1.82) is 0 Å². The molecule has 260 valence electrons. The monoisotopic (exact) mass is 688 g/mol. The number of hydrogen-bond donors (Lipinski definition) is 1. The molecular weight excluding hydrogens is 644 g/mol. The lowest BCUT2D eigenvalue weighted by molar-refractivity contribution is 0.0179. The third kappa shape index (κ3) is 8.54. The first-order chi connectivity index (χ1) is 23.2. The summed E-state index contributed by atoms with van der Waals surface area (Å²) in [5.74, 6) is -0.421. The van der Waals surface area contributed by atoms with E-state index in [1.165, 1.54) is 4.90 Å². The number of amides is 4. The number of benzene rings is 3. The average Bonchev–Trinajstić information content (AvgIpc) is 3.42. The van der Waals surface area contributed by atoms with Crippen molar-refractivity contribution in [3.63, 3.8) is 0 Å². The standard InChI is InChI=1S/C38H45ClN4O6/c1-24-11-7-8-13-29(24)34(44)40-27-16-17-30(25(2)21-27)35(45)43-20-10-14-33(31-22-26(39)15-18-32(31)43)48-36(46)41(6)23-28-12-9-19-42(28)37(47)49-38(3,4)5/h7-8,11,13,15-18,21-22,28,33H,9-10,12,14,19-20,23H2,1-6H3,(H,40,44)/t28-,33?/m0/s1. The fourth-order valence-electron chi connectivity index (χ4n) is 6.41. The summed E-state index contributed by atoms with van der Waals surface area (Å²) >= 11 is 6.44. The lowest BCUT2D eigenvalue weighted by atomic mass is 10.0. The number of ether oxygens (including phenoxy) is 2. The Balaban J connectivity index is 1.29. The van der Waals surface area contributed by atoms with Gasteiger partial charge >= 0.3 is 12.2 Å². The molecule has 1 saturated heterocycles. The quantitative estimate of drug-likeness (QED) is 0.280. The van der Waals surface area contributed by atoms with Crippen LogP contribution in [0.3, 0.4) is 0 Å². The van der Waals surface area contributed by atoms with Gasteiger partial charge in [-0.2, -0.15) is 0 Å². The van der Waals surface area contributed by atoms with E-state index in [9.17, 15) is 19.2 Å². The van der Waals surface area contributed by atoms with Crippen molar-refractivity contribution < 1.29 is 28.7 Å². The van der Waals surface area contributed by atoms with E-state index in [4.69, 9.17) is 21.1 Å². The molecule has 3 aromatic rings. The van der Waals surface area contributed by atoms with Crippen LogP contribution in [0.25, 0.3) is 0 Å². The van der Waals surface area contributed by atoms with Gasteiger partial charge in [0.15, 0.2) is 0 Å². The minimum absolute atomic E-state index is 0.179. The van der Waals surface area contributed by atoms with Crippen LogP contribution in [0.5, 0.6) is 0 Å². The molecule has 0 spiro atoms. The molecule has 2 heterocycles. The zero-order chi connectivity index (χ0) is 35.5. The Morgan fingerprint density at radius 1 is 0.918 bits per heavy atom. The predicted octanol–water partition coefficient (Wildman–Crippen LogP) is 8.16. The molecule has 11 heteroatoms. The number of likely N-dealkylation sites (N-methyl/N-ethyl adjacent to an activating group) is 1. The average molecular weight is 689 g/mol. The summed E-state index contributed by atoms with van der Waals surface area (Å²) in [5.41, 5.74) is 3.92. The number of likely N-dealkylation sites (tertiary alicyclic amines) is 1. The normalized spacial score (nSPS) is 17.5. The number of halogens is 1. The summed E-state index contributed by atoms with van der Waals surface area (Å²) in [6.45, 7) is 10.5. The molecule has 0 radical (unpaired) electrons. The summed E-state index contributed by atoms with van der Waals surface area (Å²) < 4.78 is 11.7. The van der Waals surface area contributed by atoms with Crippen LogP contribution in [0.15, 0.2) is 60.7 Å². The number of anilines is 2. The number of carbonyl (C=O) groups excluding carboxylic acids is 4. The highest BCUT2D eigenvalue weighted by Gasteiger charge is 2.35. The number of fused-ring (bicyclic) bond motifs is 1. The highest BCUT2D eigenvalue weighted by atomic mass is 35.5. The second-order valence-corrected chi connectivity index (χ2v) is 14.3. The molecule has 49 heavy (non-hydrogen) atoms. The summed E-state index contributed by atoms with van der Waals surface area (Å²) in [5, 5.41) is 3.40. The first-order valence-corrected chi connectivity index (χ1v) is 17.1. The molecule has 10 nitrogen and oxygen atoms in total. The van der Waals surface area contributed by atoms with E-state index in [2.05, 4.69) is 5.32 Å². The maximum absolute atomic E-state index is 14.1. The number of aryl methyl sites for hydroxylation is 2. The molecule has 2 atom stereocenters. The molecule has 3 aromatic carbocycles. The van der Waals surface area contributed by atoms with Crippen molar-refractivity contribution in [2.45, 2.75) is 78.0 Å².